The first-order valence-electron chi connectivity index (χ1n) is 6.57. The van der Waals surface area contributed by atoms with Gasteiger partial charge in [-0.05, 0) is 37.3 Å². The van der Waals surface area contributed by atoms with Crippen molar-refractivity contribution in [3.63, 3.8) is 0 Å². The summed E-state index contributed by atoms with van der Waals surface area (Å²) in [7, 11) is 0. The van der Waals surface area contributed by atoms with Gasteiger partial charge in [0.2, 0.25) is 0 Å². The summed E-state index contributed by atoms with van der Waals surface area (Å²) in [5, 5.41) is 14.2. The zero-order chi connectivity index (χ0) is 15.6. The Bertz CT molecular complexity index is 577. The van der Waals surface area contributed by atoms with Crippen molar-refractivity contribution in [2.75, 3.05) is 0 Å². The predicted molar refractivity (Wildman–Crippen MR) is 75.5 cm³/mol. The minimum atomic E-state index is -1.28. The van der Waals surface area contributed by atoms with E-state index in [0.29, 0.717) is 5.56 Å². The first kappa shape index (κ1) is 15.6. The van der Waals surface area contributed by atoms with Crippen molar-refractivity contribution in [2.24, 2.45) is 5.92 Å². The van der Waals surface area contributed by atoms with Gasteiger partial charge in [0.05, 0.1) is 5.02 Å². The lowest BCUT2D eigenvalue weighted by molar-refractivity contribution is -0.144. The molecule has 1 atom stereocenters. The van der Waals surface area contributed by atoms with Crippen LogP contribution in [0.25, 0.3) is 0 Å². The van der Waals surface area contributed by atoms with Crippen LogP contribution in [-0.2, 0) is 11.3 Å². The SMILES string of the molecule is CC(NC(=O)NCc1cccc(F)c1Cl)(C(=O)O)C1CC1. The Morgan fingerprint density at radius 3 is 2.71 bits per heavy atom. The average Bonchev–Trinajstić information content (AvgIpc) is 3.25. The smallest absolute Gasteiger partial charge is 0.329 e. The number of carboxylic acid groups (broad SMARTS) is 1. The molecule has 2 amide bonds. The van der Waals surface area contributed by atoms with Crippen LogP contribution < -0.4 is 10.6 Å². The quantitative estimate of drug-likeness (QED) is 0.781. The Hall–Kier alpha value is -1.82. The van der Waals surface area contributed by atoms with E-state index in [4.69, 9.17) is 11.6 Å². The molecule has 1 saturated carbocycles. The summed E-state index contributed by atoms with van der Waals surface area (Å²) in [6.07, 6.45) is 1.55. The number of benzene rings is 1. The molecule has 0 spiro atoms. The topological polar surface area (TPSA) is 78.4 Å². The Morgan fingerprint density at radius 1 is 1.48 bits per heavy atom. The van der Waals surface area contributed by atoms with Gasteiger partial charge in [-0.1, -0.05) is 23.7 Å². The molecule has 1 aromatic carbocycles. The third-order valence-corrected chi connectivity index (χ3v) is 4.11. The molecule has 2 rings (SSSR count). The lowest BCUT2D eigenvalue weighted by Gasteiger charge is -2.26. The molecule has 1 aliphatic carbocycles. The number of halogens is 2. The van der Waals surface area contributed by atoms with Crippen LogP contribution >= 0.6 is 11.6 Å². The van der Waals surface area contributed by atoms with Gasteiger partial charge in [0.25, 0.3) is 0 Å². The molecule has 7 heteroatoms. The molecule has 1 aromatic rings. The first-order chi connectivity index (χ1) is 9.84. The zero-order valence-electron chi connectivity index (χ0n) is 11.5. The summed E-state index contributed by atoms with van der Waals surface area (Å²) in [6.45, 7) is 1.50. The van der Waals surface area contributed by atoms with E-state index in [1.54, 1.807) is 6.07 Å². The summed E-state index contributed by atoms with van der Waals surface area (Å²) >= 11 is 5.78. The van der Waals surface area contributed by atoms with Crippen molar-refractivity contribution < 1.29 is 19.1 Å². The molecule has 21 heavy (non-hydrogen) atoms. The molecular formula is C14H16ClFN2O3. The molecule has 1 fully saturated rings. The van der Waals surface area contributed by atoms with Crippen molar-refractivity contribution >= 4 is 23.6 Å². The van der Waals surface area contributed by atoms with Crippen LogP contribution in [0.5, 0.6) is 0 Å². The van der Waals surface area contributed by atoms with E-state index in [1.807, 2.05) is 0 Å². The Labute approximate surface area is 126 Å². The number of carboxylic acids is 1. The molecule has 114 valence electrons. The number of urea groups is 1. The van der Waals surface area contributed by atoms with Crippen molar-refractivity contribution in [2.45, 2.75) is 31.8 Å². The lowest BCUT2D eigenvalue weighted by Crippen LogP contribution is -2.56. The fraction of sp³-hybridized carbons (Fsp3) is 0.429. The number of aliphatic carboxylic acids is 1. The van der Waals surface area contributed by atoms with Gasteiger partial charge in [0.1, 0.15) is 11.4 Å². The molecule has 0 aromatic heterocycles. The number of hydrogen-bond donors (Lipinski definition) is 3. The van der Waals surface area contributed by atoms with Crippen LogP contribution in [0.2, 0.25) is 5.02 Å². The molecule has 1 unspecified atom stereocenters. The molecule has 5 nitrogen and oxygen atoms in total. The van der Waals surface area contributed by atoms with Gasteiger partial charge in [-0.2, -0.15) is 0 Å². The molecule has 0 saturated heterocycles. The number of amides is 2. The summed E-state index contributed by atoms with van der Waals surface area (Å²) in [4.78, 5) is 23.1. The normalized spacial score (nSPS) is 16.9. The predicted octanol–water partition coefficient (Wildman–Crippen LogP) is 2.53. The van der Waals surface area contributed by atoms with E-state index in [9.17, 15) is 19.1 Å². The minimum Gasteiger partial charge on any atom is -0.480 e. The fourth-order valence-electron chi connectivity index (χ4n) is 2.13. The van der Waals surface area contributed by atoms with E-state index >= 15 is 0 Å². The second-order valence-corrected chi connectivity index (χ2v) is 5.68. The second kappa shape index (κ2) is 5.89. The second-order valence-electron chi connectivity index (χ2n) is 5.30. The van der Waals surface area contributed by atoms with Gasteiger partial charge in [-0.25, -0.2) is 14.0 Å². The number of carbonyl (C=O) groups is 2. The Balaban J connectivity index is 1.96. The Kier molecular flexibility index (Phi) is 4.37. The summed E-state index contributed by atoms with van der Waals surface area (Å²) in [5.74, 6) is -1.69. The van der Waals surface area contributed by atoms with Crippen LogP contribution in [0.15, 0.2) is 18.2 Å². The van der Waals surface area contributed by atoms with Crippen LogP contribution in [-0.4, -0.2) is 22.6 Å². The van der Waals surface area contributed by atoms with Crippen molar-refractivity contribution in [1.82, 2.24) is 10.6 Å². The zero-order valence-corrected chi connectivity index (χ0v) is 12.2. The standard InChI is InChI=1S/C14H16ClFN2O3/c1-14(12(19)20,9-5-6-9)18-13(21)17-7-8-3-2-4-10(16)11(8)15/h2-4,9H,5-7H2,1H3,(H,19,20)(H2,17,18,21). The van der Waals surface area contributed by atoms with E-state index in [0.717, 1.165) is 12.8 Å². The highest BCUT2D eigenvalue weighted by Gasteiger charge is 2.48. The van der Waals surface area contributed by atoms with Crippen molar-refractivity contribution in [3.8, 4) is 0 Å². The highest BCUT2D eigenvalue weighted by Crippen LogP contribution is 2.39. The van der Waals surface area contributed by atoms with Gasteiger partial charge < -0.3 is 15.7 Å². The van der Waals surface area contributed by atoms with Crippen molar-refractivity contribution in [3.05, 3.63) is 34.6 Å². The van der Waals surface area contributed by atoms with E-state index in [1.165, 1.54) is 19.1 Å². The number of carbonyl (C=O) groups excluding carboxylic acids is 1. The van der Waals surface area contributed by atoms with Gasteiger partial charge in [-0.3, -0.25) is 0 Å². The van der Waals surface area contributed by atoms with Crippen LogP contribution in [0.4, 0.5) is 9.18 Å². The third kappa shape index (κ3) is 3.44. The number of rotatable bonds is 5. The molecule has 1 aliphatic rings. The van der Waals surface area contributed by atoms with E-state index < -0.39 is 23.4 Å². The highest BCUT2D eigenvalue weighted by atomic mass is 35.5. The molecule has 0 heterocycles. The highest BCUT2D eigenvalue weighted by molar-refractivity contribution is 6.31. The Morgan fingerprint density at radius 2 is 2.14 bits per heavy atom. The summed E-state index contributed by atoms with van der Waals surface area (Å²) in [6, 6.07) is 3.68. The van der Waals surface area contributed by atoms with Crippen LogP contribution in [0.3, 0.4) is 0 Å². The van der Waals surface area contributed by atoms with Crippen LogP contribution in [0.1, 0.15) is 25.3 Å². The molecule has 0 aliphatic heterocycles. The monoisotopic (exact) mass is 314 g/mol. The molecule has 3 N–H and O–H groups in total. The molecular weight excluding hydrogens is 299 g/mol. The molecule has 0 bridgehead atoms. The maximum absolute atomic E-state index is 13.3. The maximum atomic E-state index is 13.3. The van der Waals surface area contributed by atoms with Gasteiger partial charge in [-0.15, -0.1) is 0 Å². The van der Waals surface area contributed by atoms with E-state index in [2.05, 4.69) is 10.6 Å². The minimum absolute atomic E-state index is 0.0167. The first-order valence-corrected chi connectivity index (χ1v) is 6.94. The van der Waals surface area contributed by atoms with Crippen molar-refractivity contribution in [1.29, 1.82) is 0 Å². The third-order valence-electron chi connectivity index (χ3n) is 3.68. The average molecular weight is 315 g/mol. The summed E-state index contributed by atoms with van der Waals surface area (Å²) < 4.78 is 13.3. The van der Waals surface area contributed by atoms with Gasteiger partial charge >= 0.3 is 12.0 Å². The lowest BCUT2D eigenvalue weighted by atomic mass is 9.96. The largest absolute Gasteiger partial charge is 0.480 e. The van der Waals surface area contributed by atoms with Gasteiger partial charge in [0.15, 0.2) is 0 Å². The summed E-state index contributed by atoms with van der Waals surface area (Å²) in [5.41, 5.74) is -0.856. The fourth-order valence-corrected chi connectivity index (χ4v) is 2.32. The van der Waals surface area contributed by atoms with Crippen LogP contribution in [0, 0.1) is 11.7 Å². The maximum Gasteiger partial charge on any atom is 0.329 e. The number of nitrogens with one attached hydrogen (secondary N) is 2. The number of hydrogen-bond acceptors (Lipinski definition) is 2. The van der Waals surface area contributed by atoms with Gasteiger partial charge in [0, 0.05) is 6.54 Å². The molecule has 0 radical (unpaired) electrons. The van der Waals surface area contributed by atoms with E-state index in [-0.39, 0.29) is 17.5 Å².